The fraction of sp³-hybridized carbons (Fsp3) is 0.583. The summed E-state index contributed by atoms with van der Waals surface area (Å²) >= 11 is 0. The van der Waals surface area contributed by atoms with E-state index in [1.54, 1.807) is 6.92 Å². The molecular weight excluding hydrogens is 234 g/mol. The van der Waals surface area contributed by atoms with E-state index in [1.165, 1.54) is 16.8 Å². The molecule has 1 aromatic heterocycles. The van der Waals surface area contributed by atoms with Crippen molar-refractivity contribution >= 4 is 5.91 Å². The highest BCUT2D eigenvalue weighted by Crippen LogP contribution is 1.93. The van der Waals surface area contributed by atoms with Crippen LogP contribution in [0.25, 0.3) is 0 Å². The second-order valence-corrected chi connectivity index (χ2v) is 4.17. The highest BCUT2D eigenvalue weighted by Gasteiger charge is 2.09. The molecule has 0 saturated heterocycles. The van der Waals surface area contributed by atoms with Gasteiger partial charge in [-0.25, -0.2) is 4.68 Å². The van der Waals surface area contributed by atoms with Gasteiger partial charge in [-0.15, -0.1) is 0 Å². The first-order valence-electron chi connectivity index (χ1n) is 6.09. The molecule has 0 fully saturated rings. The molecule has 0 radical (unpaired) electrons. The van der Waals surface area contributed by atoms with Crippen molar-refractivity contribution in [2.75, 3.05) is 6.54 Å². The van der Waals surface area contributed by atoms with Crippen LogP contribution in [0.15, 0.2) is 16.9 Å². The molecular formula is C12H19N3O3. The molecule has 6 heteroatoms. The van der Waals surface area contributed by atoms with E-state index in [1.807, 2.05) is 6.92 Å². The van der Waals surface area contributed by atoms with Crippen molar-refractivity contribution in [3.63, 3.8) is 0 Å². The highest BCUT2D eigenvalue weighted by atomic mass is 16.3. The molecule has 1 unspecified atom stereocenters. The first-order chi connectivity index (χ1) is 8.54. The number of hydrogen-bond donors (Lipinski definition) is 2. The maximum atomic E-state index is 11.7. The molecule has 0 aromatic carbocycles. The fourth-order valence-electron chi connectivity index (χ4n) is 1.43. The first kappa shape index (κ1) is 14.4. The van der Waals surface area contributed by atoms with Crippen LogP contribution in [0.3, 0.4) is 0 Å². The summed E-state index contributed by atoms with van der Waals surface area (Å²) in [5, 5.41) is 15.7. The molecule has 1 rings (SSSR count). The number of aliphatic hydroxyl groups is 1. The summed E-state index contributed by atoms with van der Waals surface area (Å²) in [4.78, 5) is 23.1. The molecule has 1 aromatic rings. The number of carbonyl (C=O) groups excluding carboxylic acids is 1. The van der Waals surface area contributed by atoms with Gasteiger partial charge in [0.25, 0.3) is 11.5 Å². The van der Waals surface area contributed by atoms with Gasteiger partial charge in [-0.05, 0) is 25.8 Å². The van der Waals surface area contributed by atoms with Gasteiger partial charge in [0.15, 0.2) is 0 Å². The van der Waals surface area contributed by atoms with Crippen molar-refractivity contribution < 1.29 is 9.90 Å². The molecule has 1 heterocycles. The maximum Gasteiger partial charge on any atom is 0.271 e. The Kier molecular flexibility index (Phi) is 5.51. The van der Waals surface area contributed by atoms with Crippen LogP contribution < -0.4 is 10.9 Å². The van der Waals surface area contributed by atoms with Crippen molar-refractivity contribution in [2.45, 2.75) is 39.3 Å². The zero-order valence-electron chi connectivity index (χ0n) is 10.7. The van der Waals surface area contributed by atoms with E-state index >= 15 is 0 Å². The van der Waals surface area contributed by atoms with Gasteiger partial charge < -0.3 is 10.4 Å². The third kappa shape index (κ3) is 4.29. The molecule has 1 amide bonds. The maximum absolute atomic E-state index is 11.7. The lowest BCUT2D eigenvalue weighted by molar-refractivity contribution is 0.0938. The monoisotopic (exact) mass is 253 g/mol. The minimum atomic E-state index is -0.452. The number of aromatic nitrogens is 2. The second-order valence-electron chi connectivity index (χ2n) is 4.17. The molecule has 0 aliphatic carbocycles. The number of hydrogen-bond acceptors (Lipinski definition) is 4. The van der Waals surface area contributed by atoms with Gasteiger partial charge in [0.2, 0.25) is 0 Å². The van der Waals surface area contributed by atoms with Crippen molar-refractivity contribution in [1.82, 2.24) is 15.1 Å². The summed E-state index contributed by atoms with van der Waals surface area (Å²) in [7, 11) is 0. The summed E-state index contributed by atoms with van der Waals surface area (Å²) in [6.45, 7) is 4.47. The third-order valence-electron chi connectivity index (χ3n) is 2.38. The summed E-state index contributed by atoms with van der Waals surface area (Å²) in [5.74, 6) is -0.333. The van der Waals surface area contributed by atoms with Crippen molar-refractivity contribution in [1.29, 1.82) is 0 Å². The number of rotatable bonds is 6. The van der Waals surface area contributed by atoms with Gasteiger partial charge >= 0.3 is 0 Å². The van der Waals surface area contributed by atoms with E-state index in [0.29, 0.717) is 19.5 Å². The molecule has 2 N–H and O–H groups in total. The fourth-order valence-corrected chi connectivity index (χ4v) is 1.43. The Labute approximate surface area is 106 Å². The van der Waals surface area contributed by atoms with Crippen LogP contribution in [0.2, 0.25) is 0 Å². The quantitative estimate of drug-likeness (QED) is 0.756. The first-order valence-corrected chi connectivity index (χ1v) is 6.09. The van der Waals surface area contributed by atoms with Gasteiger partial charge in [-0.1, -0.05) is 6.92 Å². The Bertz CT molecular complexity index is 454. The molecule has 0 aliphatic heterocycles. The average Bonchev–Trinajstić information content (AvgIpc) is 2.31. The van der Waals surface area contributed by atoms with Crippen molar-refractivity contribution in [3.05, 3.63) is 28.2 Å². The third-order valence-corrected chi connectivity index (χ3v) is 2.38. The normalized spacial score (nSPS) is 12.2. The molecule has 0 bridgehead atoms. The summed E-state index contributed by atoms with van der Waals surface area (Å²) in [6.07, 6.45) is 0.813. The van der Waals surface area contributed by atoms with Gasteiger partial charge in [-0.2, -0.15) is 5.10 Å². The van der Waals surface area contributed by atoms with Gasteiger partial charge in [0.05, 0.1) is 6.10 Å². The lowest BCUT2D eigenvalue weighted by atomic mass is 10.3. The smallest absolute Gasteiger partial charge is 0.271 e. The SMILES string of the molecule is CCCn1nc(C(=O)NCCC(C)O)ccc1=O. The molecule has 0 aliphatic rings. The summed E-state index contributed by atoms with van der Waals surface area (Å²) in [6, 6.07) is 2.75. The molecule has 18 heavy (non-hydrogen) atoms. The van der Waals surface area contributed by atoms with Crippen LogP contribution in [-0.2, 0) is 6.54 Å². The number of carbonyl (C=O) groups is 1. The Hall–Kier alpha value is -1.69. The van der Waals surface area contributed by atoms with Crippen LogP contribution in [0.1, 0.15) is 37.2 Å². The lowest BCUT2D eigenvalue weighted by Crippen LogP contribution is -2.31. The molecule has 6 nitrogen and oxygen atoms in total. The van der Waals surface area contributed by atoms with Crippen molar-refractivity contribution in [3.8, 4) is 0 Å². The summed E-state index contributed by atoms with van der Waals surface area (Å²) < 4.78 is 1.28. The molecule has 0 spiro atoms. The highest BCUT2D eigenvalue weighted by molar-refractivity contribution is 5.91. The predicted octanol–water partition coefficient (Wildman–Crippen LogP) is 0.154. The van der Waals surface area contributed by atoms with Crippen LogP contribution in [0.4, 0.5) is 0 Å². The minimum absolute atomic E-state index is 0.211. The standard InChI is InChI=1S/C12H19N3O3/c1-3-8-15-11(17)5-4-10(14-15)12(18)13-7-6-9(2)16/h4-5,9,16H,3,6-8H2,1-2H3,(H,13,18). The van der Waals surface area contributed by atoms with Crippen LogP contribution in [0, 0.1) is 0 Å². The Morgan fingerprint density at radius 3 is 2.89 bits per heavy atom. The zero-order chi connectivity index (χ0) is 13.5. The largest absolute Gasteiger partial charge is 0.393 e. The number of nitrogens with zero attached hydrogens (tertiary/aromatic N) is 2. The molecule has 1 atom stereocenters. The average molecular weight is 253 g/mol. The zero-order valence-corrected chi connectivity index (χ0v) is 10.7. The van der Waals surface area contributed by atoms with Gasteiger partial charge in [0, 0.05) is 19.2 Å². The molecule has 0 saturated carbocycles. The second kappa shape index (κ2) is 6.90. The van der Waals surface area contributed by atoms with Crippen LogP contribution in [0.5, 0.6) is 0 Å². The van der Waals surface area contributed by atoms with E-state index < -0.39 is 6.10 Å². The van der Waals surface area contributed by atoms with Crippen LogP contribution in [-0.4, -0.2) is 33.4 Å². The van der Waals surface area contributed by atoms with Gasteiger partial charge in [-0.3, -0.25) is 9.59 Å². The Morgan fingerprint density at radius 2 is 2.28 bits per heavy atom. The molecule has 100 valence electrons. The van der Waals surface area contributed by atoms with E-state index in [2.05, 4.69) is 10.4 Å². The lowest BCUT2D eigenvalue weighted by Gasteiger charge is -2.07. The van der Waals surface area contributed by atoms with E-state index in [0.717, 1.165) is 6.42 Å². The Balaban J connectivity index is 2.68. The topological polar surface area (TPSA) is 84.2 Å². The van der Waals surface area contributed by atoms with Gasteiger partial charge in [0.1, 0.15) is 5.69 Å². The van der Waals surface area contributed by atoms with E-state index in [-0.39, 0.29) is 17.2 Å². The van der Waals surface area contributed by atoms with E-state index in [4.69, 9.17) is 5.11 Å². The Morgan fingerprint density at radius 1 is 1.56 bits per heavy atom. The number of nitrogens with one attached hydrogen (secondary N) is 1. The van der Waals surface area contributed by atoms with Crippen LogP contribution >= 0.6 is 0 Å². The summed E-state index contributed by atoms with van der Waals surface area (Å²) in [5.41, 5.74) is 0.00558. The minimum Gasteiger partial charge on any atom is -0.393 e. The number of aliphatic hydroxyl groups excluding tert-OH is 1. The predicted molar refractivity (Wildman–Crippen MR) is 67.4 cm³/mol. The van der Waals surface area contributed by atoms with E-state index in [9.17, 15) is 9.59 Å². The number of amides is 1. The number of aryl methyl sites for hydroxylation is 1. The van der Waals surface area contributed by atoms with Crippen molar-refractivity contribution in [2.24, 2.45) is 0 Å².